The number of hydrogen-bond acceptors (Lipinski definition) is 2. The van der Waals surface area contributed by atoms with Crippen LogP contribution in [0.15, 0.2) is 11.6 Å². The van der Waals surface area contributed by atoms with E-state index in [-0.39, 0.29) is 6.29 Å². The summed E-state index contributed by atoms with van der Waals surface area (Å²) in [5.74, 6) is 0.608. The fourth-order valence-electron chi connectivity index (χ4n) is 1.88. The minimum absolute atomic E-state index is 0.0920. The molecule has 1 aliphatic heterocycles. The summed E-state index contributed by atoms with van der Waals surface area (Å²) in [6, 6.07) is 0. The van der Waals surface area contributed by atoms with Crippen molar-refractivity contribution >= 4 is 0 Å². The normalized spacial score (nSPS) is 32.1. The van der Waals surface area contributed by atoms with Crippen molar-refractivity contribution in [2.45, 2.75) is 32.5 Å². The predicted molar refractivity (Wildman–Crippen MR) is 46.8 cm³/mol. The van der Waals surface area contributed by atoms with Crippen LogP contribution in [0.2, 0.25) is 0 Å². The second-order valence-corrected chi connectivity index (χ2v) is 3.69. The summed E-state index contributed by atoms with van der Waals surface area (Å²) in [5.41, 5.74) is 1.52. The van der Waals surface area contributed by atoms with E-state index in [4.69, 9.17) is 9.47 Å². The summed E-state index contributed by atoms with van der Waals surface area (Å²) < 4.78 is 11.0. The van der Waals surface area contributed by atoms with Crippen molar-refractivity contribution in [3.63, 3.8) is 0 Å². The van der Waals surface area contributed by atoms with E-state index < -0.39 is 0 Å². The fraction of sp³-hybridized carbons (Fsp3) is 0.800. The Hall–Kier alpha value is -0.340. The summed E-state index contributed by atoms with van der Waals surface area (Å²) in [7, 11) is 0. The van der Waals surface area contributed by atoms with E-state index in [0.717, 1.165) is 19.6 Å². The van der Waals surface area contributed by atoms with E-state index in [0.29, 0.717) is 5.92 Å². The van der Waals surface area contributed by atoms with Crippen LogP contribution >= 0.6 is 0 Å². The number of ether oxygens (including phenoxy) is 2. The van der Waals surface area contributed by atoms with Crippen LogP contribution in [0.25, 0.3) is 0 Å². The molecule has 0 spiro atoms. The zero-order valence-corrected chi connectivity index (χ0v) is 7.58. The van der Waals surface area contributed by atoms with Crippen LogP contribution < -0.4 is 0 Å². The molecule has 0 aromatic rings. The van der Waals surface area contributed by atoms with E-state index in [2.05, 4.69) is 13.0 Å². The van der Waals surface area contributed by atoms with E-state index in [1.54, 1.807) is 0 Å². The summed E-state index contributed by atoms with van der Waals surface area (Å²) >= 11 is 0. The maximum absolute atomic E-state index is 5.48. The third-order valence-corrected chi connectivity index (χ3v) is 2.71. The highest BCUT2D eigenvalue weighted by molar-refractivity contribution is 5.03. The van der Waals surface area contributed by atoms with Gasteiger partial charge in [0.1, 0.15) is 0 Å². The van der Waals surface area contributed by atoms with Crippen LogP contribution in [-0.2, 0) is 9.47 Å². The predicted octanol–water partition coefficient (Wildman–Crippen LogP) is 2.11. The van der Waals surface area contributed by atoms with Gasteiger partial charge in [-0.25, -0.2) is 0 Å². The first-order valence-corrected chi connectivity index (χ1v) is 4.75. The molecule has 0 unspecified atom stereocenters. The minimum Gasteiger partial charge on any atom is -0.350 e. The molecule has 0 bridgehead atoms. The van der Waals surface area contributed by atoms with Crippen LogP contribution in [0, 0.1) is 5.92 Å². The van der Waals surface area contributed by atoms with Gasteiger partial charge in [0.25, 0.3) is 0 Å². The average molecular weight is 168 g/mol. The molecule has 1 heterocycles. The zero-order valence-electron chi connectivity index (χ0n) is 7.58. The molecule has 0 amide bonds. The molecule has 0 saturated carbocycles. The van der Waals surface area contributed by atoms with Crippen LogP contribution in [0.3, 0.4) is 0 Å². The smallest absolute Gasteiger partial charge is 0.160 e. The van der Waals surface area contributed by atoms with Crippen molar-refractivity contribution in [3.8, 4) is 0 Å². The van der Waals surface area contributed by atoms with E-state index >= 15 is 0 Å². The first kappa shape index (κ1) is 8.27. The number of rotatable bonds is 1. The number of allylic oxidation sites excluding steroid dienone is 2. The van der Waals surface area contributed by atoms with Gasteiger partial charge >= 0.3 is 0 Å². The van der Waals surface area contributed by atoms with Gasteiger partial charge in [0.05, 0.1) is 13.2 Å². The molecule has 1 fully saturated rings. The summed E-state index contributed by atoms with van der Waals surface area (Å²) in [6.45, 7) is 3.76. The topological polar surface area (TPSA) is 18.5 Å². The van der Waals surface area contributed by atoms with Crippen molar-refractivity contribution in [3.05, 3.63) is 11.6 Å². The summed E-state index contributed by atoms with van der Waals surface area (Å²) in [6.07, 6.45) is 5.99. The molecule has 2 rings (SSSR count). The first-order chi connectivity index (χ1) is 5.86. The Labute approximate surface area is 73.5 Å². The Morgan fingerprint density at radius 1 is 1.33 bits per heavy atom. The van der Waals surface area contributed by atoms with Crippen LogP contribution in [-0.4, -0.2) is 19.5 Å². The lowest BCUT2D eigenvalue weighted by molar-refractivity contribution is -0.0855. The standard InChI is InChI=1S/C10H16O2/c1-8-2-4-9(5-3-8)10-11-6-7-12-10/h2,9-10H,3-7H2,1H3/t9-/m1/s1. The fourth-order valence-corrected chi connectivity index (χ4v) is 1.88. The third-order valence-electron chi connectivity index (χ3n) is 2.71. The van der Waals surface area contributed by atoms with Crippen molar-refractivity contribution in [2.24, 2.45) is 5.92 Å². The van der Waals surface area contributed by atoms with E-state index in [1.807, 2.05) is 0 Å². The van der Waals surface area contributed by atoms with Gasteiger partial charge in [0, 0.05) is 5.92 Å². The summed E-state index contributed by atoms with van der Waals surface area (Å²) in [5, 5.41) is 0. The molecular weight excluding hydrogens is 152 g/mol. The molecule has 1 saturated heterocycles. The average Bonchev–Trinajstić information content (AvgIpc) is 2.58. The minimum atomic E-state index is 0.0920. The van der Waals surface area contributed by atoms with Crippen LogP contribution in [0.1, 0.15) is 26.2 Å². The van der Waals surface area contributed by atoms with Gasteiger partial charge in [0.2, 0.25) is 0 Å². The molecule has 2 heteroatoms. The van der Waals surface area contributed by atoms with E-state index in [9.17, 15) is 0 Å². The van der Waals surface area contributed by atoms with Gasteiger partial charge in [-0.15, -0.1) is 0 Å². The van der Waals surface area contributed by atoms with Gasteiger partial charge in [-0.1, -0.05) is 11.6 Å². The van der Waals surface area contributed by atoms with Gasteiger partial charge in [-0.05, 0) is 26.2 Å². The Kier molecular flexibility index (Phi) is 2.47. The highest BCUT2D eigenvalue weighted by Crippen LogP contribution is 2.29. The Morgan fingerprint density at radius 3 is 2.67 bits per heavy atom. The molecule has 1 aliphatic carbocycles. The maximum Gasteiger partial charge on any atom is 0.160 e. The molecule has 68 valence electrons. The largest absolute Gasteiger partial charge is 0.350 e. The van der Waals surface area contributed by atoms with Crippen molar-refractivity contribution in [1.29, 1.82) is 0 Å². The highest BCUT2D eigenvalue weighted by atomic mass is 16.7. The monoisotopic (exact) mass is 168 g/mol. The second kappa shape index (κ2) is 3.58. The Balaban J connectivity index is 1.89. The Bertz CT molecular complexity index is 180. The van der Waals surface area contributed by atoms with E-state index in [1.165, 1.54) is 18.4 Å². The molecule has 0 aromatic heterocycles. The molecule has 1 atom stereocenters. The second-order valence-electron chi connectivity index (χ2n) is 3.69. The lowest BCUT2D eigenvalue weighted by atomic mass is 9.90. The molecule has 2 aliphatic rings. The van der Waals surface area contributed by atoms with Gasteiger partial charge in [0.15, 0.2) is 6.29 Å². The molecule has 0 radical (unpaired) electrons. The first-order valence-electron chi connectivity index (χ1n) is 4.75. The van der Waals surface area contributed by atoms with Crippen molar-refractivity contribution < 1.29 is 9.47 Å². The lowest BCUT2D eigenvalue weighted by Gasteiger charge is -2.24. The highest BCUT2D eigenvalue weighted by Gasteiger charge is 2.27. The summed E-state index contributed by atoms with van der Waals surface area (Å²) in [4.78, 5) is 0. The molecular formula is C10H16O2. The molecule has 0 aromatic carbocycles. The zero-order chi connectivity index (χ0) is 8.39. The van der Waals surface area contributed by atoms with Crippen molar-refractivity contribution in [1.82, 2.24) is 0 Å². The molecule has 0 N–H and O–H groups in total. The Morgan fingerprint density at radius 2 is 2.08 bits per heavy atom. The number of hydrogen-bond donors (Lipinski definition) is 0. The SMILES string of the molecule is CC1=CC[C@@H](C2OCCO2)CC1. The van der Waals surface area contributed by atoms with Crippen LogP contribution in [0.4, 0.5) is 0 Å². The quantitative estimate of drug-likeness (QED) is 0.558. The van der Waals surface area contributed by atoms with Gasteiger partial charge in [-0.3, -0.25) is 0 Å². The van der Waals surface area contributed by atoms with Crippen molar-refractivity contribution in [2.75, 3.05) is 13.2 Å². The third kappa shape index (κ3) is 1.70. The van der Waals surface area contributed by atoms with Gasteiger partial charge in [-0.2, -0.15) is 0 Å². The lowest BCUT2D eigenvalue weighted by Crippen LogP contribution is -2.22. The van der Waals surface area contributed by atoms with Crippen LogP contribution in [0.5, 0.6) is 0 Å². The maximum atomic E-state index is 5.48. The van der Waals surface area contributed by atoms with Gasteiger partial charge < -0.3 is 9.47 Å². The molecule has 12 heavy (non-hydrogen) atoms. The molecule has 2 nitrogen and oxygen atoms in total.